The van der Waals surface area contributed by atoms with Crippen LogP contribution in [0.3, 0.4) is 0 Å². The summed E-state index contributed by atoms with van der Waals surface area (Å²) in [5.74, 6) is 0.329. The molecule has 6 heteroatoms. The molecule has 0 saturated heterocycles. The molecule has 0 radical (unpaired) electrons. The van der Waals surface area contributed by atoms with Crippen molar-refractivity contribution in [3.8, 4) is 0 Å². The predicted molar refractivity (Wildman–Crippen MR) is 46.1 cm³/mol. The number of aromatic nitrogens is 2. The molecule has 13 heavy (non-hydrogen) atoms. The van der Waals surface area contributed by atoms with Crippen LogP contribution in [-0.2, 0) is 10.1 Å². The van der Waals surface area contributed by atoms with Gasteiger partial charge in [-0.2, -0.15) is 8.42 Å². The Morgan fingerprint density at radius 3 is 2.15 bits per heavy atom. The zero-order chi connectivity index (χ0) is 10.2. The van der Waals surface area contributed by atoms with Gasteiger partial charge >= 0.3 is 10.1 Å². The molecule has 1 aromatic heterocycles. The maximum absolute atomic E-state index is 10.8. The van der Waals surface area contributed by atoms with E-state index in [9.17, 15) is 8.42 Å². The molecule has 0 unspecified atom stereocenters. The maximum Gasteiger partial charge on any atom is 0.312 e. The van der Waals surface area contributed by atoms with Crippen LogP contribution in [0.5, 0.6) is 0 Å². The summed E-state index contributed by atoms with van der Waals surface area (Å²) in [6.45, 7) is 4.79. The van der Waals surface area contributed by atoms with Crippen LogP contribution in [-0.4, -0.2) is 22.9 Å². The van der Waals surface area contributed by atoms with Crippen molar-refractivity contribution in [3.05, 3.63) is 17.1 Å². The quantitative estimate of drug-likeness (QED) is 0.534. The Balaban J connectivity index is 3.56. The minimum Gasteiger partial charge on any atom is -0.281 e. The molecule has 0 atom stereocenters. The fraction of sp³-hybridized carbons (Fsp3) is 0.429. The Hall–Kier alpha value is -1.01. The van der Waals surface area contributed by atoms with Crippen LogP contribution in [0.15, 0.2) is 5.03 Å². The highest BCUT2D eigenvalue weighted by atomic mass is 32.2. The smallest absolute Gasteiger partial charge is 0.281 e. The molecule has 0 aliphatic rings. The first-order valence-corrected chi connectivity index (χ1v) is 5.05. The van der Waals surface area contributed by atoms with E-state index in [1.165, 1.54) is 0 Å². The van der Waals surface area contributed by atoms with Gasteiger partial charge in [0.05, 0.1) is 0 Å². The van der Waals surface area contributed by atoms with Crippen LogP contribution in [0.4, 0.5) is 0 Å². The lowest BCUT2D eigenvalue weighted by atomic mass is 10.3. The van der Waals surface area contributed by atoms with Crippen molar-refractivity contribution >= 4 is 10.1 Å². The molecule has 0 amide bonds. The van der Waals surface area contributed by atoms with Gasteiger partial charge in [-0.15, -0.1) is 0 Å². The molecule has 0 bridgehead atoms. The van der Waals surface area contributed by atoms with Gasteiger partial charge in [0, 0.05) is 11.3 Å². The van der Waals surface area contributed by atoms with E-state index in [1.807, 2.05) is 0 Å². The Kier molecular flexibility index (Phi) is 2.36. The van der Waals surface area contributed by atoms with E-state index in [4.69, 9.17) is 4.55 Å². The molecule has 5 nitrogen and oxygen atoms in total. The van der Waals surface area contributed by atoms with Crippen LogP contribution < -0.4 is 0 Å². The third kappa shape index (κ3) is 2.02. The van der Waals surface area contributed by atoms with Crippen LogP contribution in [0.2, 0.25) is 0 Å². The average Bonchev–Trinajstić information content (AvgIpc) is 1.94. The molecule has 0 aliphatic heterocycles. The fourth-order valence-electron chi connectivity index (χ4n) is 0.988. The summed E-state index contributed by atoms with van der Waals surface area (Å²) in [7, 11) is -4.23. The summed E-state index contributed by atoms with van der Waals surface area (Å²) in [6, 6.07) is 0. The molecule has 72 valence electrons. The molecule has 1 rings (SSSR count). The molecule has 0 aromatic carbocycles. The summed E-state index contributed by atoms with van der Waals surface area (Å²) < 4.78 is 30.4. The molecule has 0 saturated carbocycles. The largest absolute Gasteiger partial charge is 0.312 e. The molecule has 0 fully saturated rings. The first-order valence-electron chi connectivity index (χ1n) is 3.61. The topological polar surface area (TPSA) is 80.2 Å². The van der Waals surface area contributed by atoms with Crippen LogP contribution in [0.1, 0.15) is 17.1 Å². The van der Waals surface area contributed by atoms with E-state index in [0.29, 0.717) is 17.1 Å². The monoisotopic (exact) mass is 202 g/mol. The number of aryl methyl sites for hydroxylation is 2. The summed E-state index contributed by atoms with van der Waals surface area (Å²) >= 11 is 0. The second-order valence-corrected chi connectivity index (χ2v) is 4.10. The van der Waals surface area contributed by atoms with Gasteiger partial charge < -0.3 is 0 Å². The Morgan fingerprint density at radius 1 is 1.15 bits per heavy atom. The van der Waals surface area contributed by atoms with E-state index in [2.05, 4.69) is 9.97 Å². The van der Waals surface area contributed by atoms with Gasteiger partial charge in [-0.1, -0.05) is 0 Å². The number of hydrogen-bond donors (Lipinski definition) is 1. The SMILES string of the molecule is Cc1nc(C)c(C)c(S(=O)(=O)O)n1. The molecular weight excluding hydrogens is 192 g/mol. The van der Waals surface area contributed by atoms with Crippen molar-refractivity contribution < 1.29 is 13.0 Å². The van der Waals surface area contributed by atoms with Crippen molar-refractivity contribution in [1.29, 1.82) is 0 Å². The summed E-state index contributed by atoms with van der Waals surface area (Å²) in [5.41, 5.74) is 0.938. The second kappa shape index (κ2) is 3.04. The van der Waals surface area contributed by atoms with E-state index in [0.717, 1.165) is 0 Å². The average molecular weight is 202 g/mol. The Morgan fingerprint density at radius 2 is 1.69 bits per heavy atom. The Labute approximate surface area is 76.6 Å². The molecule has 0 aliphatic carbocycles. The highest BCUT2D eigenvalue weighted by Crippen LogP contribution is 2.13. The molecule has 1 N–H and O–H groups in total. The Bertz CT molecular complexity index is 439. The van der Waals surface area contributed by atoms with E-state index in [-0.39, 0.29) is 5.03 Å². The number of nitrogens with zero attached hydrogens (tertiary/aromatic N) is 2. The molecule has 1 heterocycles. The van der Waals surface area contributed by atoms with Crippen molar-refractivity contribution in [1.82, 2.24) is 9.97 Å². The molecular formula is C7H10N2O3S. The highest BCUT2D eigenvalue weighted by molar-refractivity contribution is 7.85. The van der Waals surface area contributed by atoms with Gasteiger partial charge in [0.1, 0.15) is 5.82 Å². The standard InChI is InChI=1S/C7H10N2O3S/c1-4-5(2)8-6(3)9-7(4)13(10,11)12/h1-3H3,(H,10,11,12). The fourth-order valence-corrected chi connectivity index (χ4v) is 1.77. The van der Waals surface area contributed by atoms with Gasteiger partial charge in [-0.3, -0.25) is 4.55 Å². The predicted octanol–water partition coefficient (Wildman–Crippen LogP) is 0.649. The van der Waals surface area contributed by atoms with Gasteiger partial charge in [0.25, 0.3) is 0 Å². The van der Waals surface area contributed by atoms with E-state index >= 15 is 0 Å². The van der Waals surface area contributed by atoms with Gasteiger partial charge in [-0.25, -0.2) is 9.97 Å². The minimum absolute atomic E-state index is 0.308. The number of hydrogen-bond acceptors (Lipinski definition) is 4. The van der Waals surface area contributed by atoms with Gasteiger partial charge in [-0.05, 0) is 20.8 Å². The summed E-state index contributed by atoms with van der Waals surface area (Å²) in [6.07, 6.45) is 0. The van der Waals surface area contributed by atoms with Crippen molar-refractivity contribution in [3.63, 3.8) is 0 Å². The zero-order valence-corrected chi connectivity index (χ0v) is 8.38. The lowest BCUT2D eigenvalue weighted by molar-refractivity contribution is 0.477. The normalized spacial score (nSPS) is 11.7. The summed E-state index contributed by atoms with van der Waals surface area (Å²) in [4.78, 5) is 7.62. The first-order chi connectivity index (χ1) is 5.82. The highest BCUT2D eigenvalue weighted by Gasteiger charge is 2.17. The van der Waals surface area contributed by atoms with Crippen LogP contribution in [0, 0.1) is 20.8 Å². The van der Waals surface area contributed by atoms with Gasteiger partial charge in [0.15, 0.2) is 5.03 Å². The molecule has 1 aromatic rings. The number of rotatable bonds is 1. The van der Waals surface area contributed by atoms with Crippen LogP contribution >= 0.6 is 0 Å². The van der Waals surface area contributed by atoms with E-state index < -0.39 is 10.1 Å². The summed E-state index contributed by atoms with van der Waals surface area (Å²) in [5, 5.41) is -0.308. The second-order valence-electron chi connectivity index (χ2n) is 2.76. The van der Waals surface area contributed by atoms with Crippen molar-refractivity contribution in [2.75, 3.05) is 0 Å². The maximum atomic E-state index is 10.8. The zero-order valence-electron chi connectivity index (χ0n) is 7.57. The van der Waals surface area contributed by atoms with Gasteiger partial charge in [0.2, 0.25) is 0 Å². The molecule has 0 spiro atoms. The lowest BCUT2D eigenvalue weighted by Crippen LogP contribution is -2.08. The first kappa shape index (κ1) is 10.1. The third-order valence-corrected chi connectivity index (χ3v) is 2.59. The minimum atomic E-state index is -4.23. The van der Waals surface area contributed by atoms with E-state index in [1.54, 1.807) is 20.8 Å². The lowest BCUT2D eigenvalue weighted by Gasteiger charge is -2.04. The van der Waals surface area contributed by atoms with Crippen LogP contribution in [0.25, 0.3) is 0 Å². The third-order valence-electron chi connectivity index (χ3n) is 1.70. The van der Waals surface area contributed by atoms with Crippen molar-refractivity contribution in [2.24, 2.45) is 0 Å². The van der Waals surface area contributed by atoms with Crippen molar-refractivity contribution in [2.45, 2.75) is 25.8 Å².